The summed E-state index contributed by atoms with van der Waals surface area (Å²) in [6, 6.07) is 2.74. The zero-order chi connectivity index (χ0) is 11.4. The maximum atomic E-state index is 8.70. The van der Waals surface area contributed by atoms with Crippen molar-refractivity contribution in [1.82, 2.24) is 4.90 Å². The van der Waals surface area contributed by atoms with Crippen LogP contribution in [0.2, 0.25) is 0 Å². The van der Waals surface area contributed by atoms with E-state index >= 15 is 0 Å². The number of aliphatic hydroxyl groups excluding tert-OH is 1. The third kappa shape index (κ3) is 2.65. The van der Waals surface area contributed by atoms with Gasteiger partial charge in [0.25, 0.3) is 0 Å². The van der Waals surface area contributed by atoms with Crippen molar-refractivity contribution < 1.29 is 5.11 Å². The van der Waals surface area contributed by atoms with Crippen molar-refractivity contribution in [2.24, 2.45) is 0 Å². The molecule has 86 valence electrons. The smallest absolute Gasteiger partial charge is 0.104 e. The molecule has 1 saturated heterocycles. The summed E-state index contributed by atoms with van der Waals surface area (Å²) < 4.78 is 0. The van der Waals surface area contributed by atoms with Gasteiger partial charge in [-0.15, -0.1) is 11.3 Å². The Morgan fingerprint density at radius 3 is 3.19 bits per heavy atom. The molecule has 0 aliphatic carbocycles. The highest BCUT2D eigenvalue weighted by atomic mass is 32.1. The fraction of sp³-hybridized carbons (Fsp3) is 0.538. The summed E-state index contributed by atoms with van der Waals surface area (Å²) in [5.74, 6) is 5.74. The van der Waals surface area contributed by atoms with Gasteiger partial charge in [0.05, 0.1) is 0 Å². The average Bonchev–Trinajstić information content (AvgIpc) is 2.87. The van der Waals surface area contributed by atoms with E-state index in [0.717, 1.165) is 12.1 Å². The zero-order valence-corrected chi connectivity index (χ0v) is 10.4. The van der Waals surface area contributed by atoms with Gasteiger partial charge in [0.2, 0.25) is 0 Å². The van der Waals surface area contributed by atoms with E-state index in [2.05, 4.69) is 29.0 Å². The van der Waals surface area contributed by atoms with Crippen LogP contribution in [0.1, 0.15) is 30.2 Å². The molecule has 1 fully saturated rings. The molecule has 0 radical (unpaired) electrons. The van der Waals surface area contributed by atoms with Crippen LogP contribution in [0.25, 0.3) is 0 Å². The van der Waals surface area contributed by atoms with E-state index in [4.69, 9.17) is 5.11 Å². The van der Waals surface area contributed by atoms with Crippen LogP contribution in [0.3, 0.4) is 0 Å². The number of hydrogen-bond acceptors (Lipinski definition) is 3. The van der Waals surface area contributed by atoms with Crippen molar-refractivity contribution in [2.45, 2.75) is 32.4 Å². The first kappa shape index (κ1) is 11.7. The van der Waals surface area contributed by atoms with E-state index < -0.39 is 0 Å². The van der Waals surface area contributed by atoms with Crippen molar-refractivity contribution in [1.29, 1.82) is 0 Å². The fourth-order valence-corrected chi connectivity index (χ4v) is 2.98. The number of aliphatic hydroxyl groups is 1. The number of rotatable bonds is 2. The number of likely N-dealkylation sites (tertiary alicyclic amines) is 1. The second-order valence-corrected chi connectivity index (χ2v) is 5.18. The molecule has 16 heavy (non-hydrogen) atoms. The quantitative estimate of drug-likeness (QED) is 0.793. The number of nitrogens with zero attached hydrogens (tertiary/aromatic N) is 1. The molecule has 1 atom stereocenters. The first-order valence-corrected chi connectivity index (χ1v) is 6.59. The molecule has 0 amide bonds. The molecule has 0 saturated carbocycles. The predicted molar refractivity (Wildman–Crippen MR) is 67.4 cm³/mol. The van der Waals surface area contributed by atoms with Crippen LogP contribution in [-0.2, 0) is 6.54 Å². The highest BCUT2D eigenvalue weighted by molar-refractivity contribution is 7.10. The first-order chi connectivity index (χ1) is 7.81. The normalized spacial score (nSPS) is 20.8. The Kier molecular flexibility index (Phi) is 4.00. The molecule has 1 aromatic heterocycles. The standard InChI is InChI=1S/C13H17NOS/c1-11-4-2-7-14(11)10-13-12(5-3-8-15)6-9-16-13/h6,9,11,15H,2,4,7-8,10H2,1H3. The molecule has 1 N–H and O–H groups in total. The Hall–Kier alpha value is -0.820. The van der Waals surface area contributed by atoms with Crippen LogP contribution >= 0.6 is 11.3 Å². The average molecular weight is 235 g/mol. The minimum atomic E-state index is -0.0601. The largest absolute Gasteiger partial charge is 0.384 e. The molecule has 0 bridgehead atoms. The second-order valence-electron chi connectivity index (χ2n) is 4.18. The van der Waals surface area contributed by atoms with Gasteiger partial charge in [0, 0.05) is 23.0 Å². The molecular weight excluding hydrogens is 218 g/mol. The van der Waals surface area contributed by atoms with Crippen molar-refractivity contribution in [3.63, 3.8) is 0 Å². The highest BCUT2D eigenvalue weighted by Crippen LogP contribution is 2.23. The fourth-order valence-electron chi connectivity index (χ4n) is 2.12. The van der Waals surface area contributed by atoms with Gasteiger partial charge in [-0.1, -0.05) is 11.8 Å². The lowest BCUT2D eigenvalue weighted by atomic mass is 10.2. The Bertz CT molecular complexity index is 402. The summed E-state index contributed by atoms with van der Waals surface area (Å²) in [6.07, 6.45) is 2.62. The lowest BCUT2D eigenvalue weighted by Crippen LogP contribution is -2.25. The maximum absolute atomic E-state index is 8.70. The zero-order valence-electron chi connectivity index (χ0n) is 9.57. The Balaban J connectivity index is 2.06. The maximum Gasteiger partial charge on any atom is 0.104 e. The van der Waals surface area contributed by atoms with Crippen molar-refractivity contribution in [2.75, 3.05) is 13.2 Å². The molecule has 3 heteroatoms. The topological polar surface area (TPSA) is 23.5 Å². The minimum absolute atomic E-state index is 0.0601. The van der Waals surface area contributed by atoms with Gasteiger partial charge in [0.1, 0.15) is 6.61 Å². The number of thiophene rings is 1. The number of hydrogen-bond donors (Lipinski definition) is 1. The van der Waals surface area contributed by atoms with E-state index in [1.54, 1.807) is 11.3 Å². The molecule has 0 aromatic carbocycles. The molecule has 2 nitrogen and oxygen atoms in total. The SMILES string of the molecule is CC1CCCN1Cc1sccc1C#CCO. The van der Waals surface area contributed by atoms with Gasteiger partial charge >= 0.3 is 0 Å². The van der Waals surface area contributed by atoms with Gasteiger partial charge < -0.3 is 5.11 Å². The second kappa shape index (κ2) is 5.49. The molecule has 1 aliphatic rings. The Morgan fingerprint density at radius 2 is 2.50 bits per heavy atom. The predicted octanol–water partition coefficient (Wildman–Crippen LogP) is 2.08. The van der Waals surface area contributed by atoms with Crippen LogP contribution in [-0.4, -0.2) is 29.2 Å². The third-order valence-corrected chi connectivity index (χ3v) is 3.99. The molecule has 1 aliphatic heterocycles. The van der Waals surface area contributed by atoms with Crippen LogP contribution in [0.5, 0.6) is 0 Å². The van der Waals surface area contributed by atoms with E-state index in [9.17, 15) is 0 Å². The van der Waals surface area contributed by atoms with Gasteiger partial charge in [-0.25, -0.2) is 0 Å². The summed E-state index contributed by atoms with van der Waals surface area (Å²) in [4.78, 5) is 3.84. The molecule has 2 rings (SSSR count). The molecule has 0 spiro atoms. The molecule has 1 aromatic rings. The van der Waals surface area contributed by atoms with Gasteiger partial charge in [-0.2, -0.15) is 0 Å². The molecule has 2 heterocycles. The van der Waals surface area contributed by atoms with E-state index in [1.165, 1.54) is 24.3 Å². The molecular formula is C13H17NOS. The lowest BCUT2D eigenvalue weighted by molar-refractivity contribution is 0.262. The van der Waals surface area contributed by atoms with Crippen LogP contribution < -0.4 is 0 Å². The highest BCUT2D eigenvalue weighted by Gasteiger charge is 2.21. The van der Waals surface area contributed by atoms with Crippen LogP contribution in [0.4, 0.5) is 0 Å². The Morgan fingerprint density at radius 1 is 1.62 bits per heavy atom. The van der Waals surface area contributed by atoms with Crippen molar-refractivity contribution >= 4 is 11.3 Å². The van der Waals surface area contributed by atoms with Gasteiger partial charge in [0.15, 0.2) is 0 Å². The summed E-state index contributed by atoms with van der Waals surface area (Å²) >= 11 is 1.76. The lowest BCUT2D eigenvalue weighted by Gasteiger charge is -2.20. The van der Waals surface area contributed by atoms with Gasteiger partial charge in [-0.05, 0) is 37.8 Å². The summed E-state index contributed by atoms with van der Waals surface area (Å²) in [5.41, 5.74) is 1.08. The van der Waals surface area contributed by atoms with Gasteiger partial charge in [-0.3, -0.25) is 4.90 Å². The van der Waals surface area contributed by atoms with E-state index in [1.807, 2.05) is 6.07 Å². The third-order valence-electron chi connectivity index (χ3n) is 3.08. The summed E-state index contributed by atoms with van der Waals surface area (Å²) in [6.45, 7) is 4.44. The Labute approximate surface area is 101 Å². The molecule has 1 unspecified atom stereocenters. The van der Waals surface area contributed by atoms with Crippen LogP contribution in [0.15, 0.2) is 11.4 Å². The monoisotopic (exact) mass is 235 g/mol. The van der Waals surface area contributed by atoms with Crippen molar-refractivity contribution in [3.8, 4) is 11.8 Å². The van der Waals surface area contributed by atoms with Crippen molar-refractivity contribution in [3.05, 3.63) is 21.9 Å². The summed E-state index contributed by atoms with van der Waals surface area (Å²) in [5, 5.41) is 10.8. The van der Waals surface area contributed by atoms with Crippen LogP contribution in [0, 0.1) is 11.8 Å². The first-order valence-electron chi connectivity index (χ1n) is 5.71. The van der Waals surface area contributed by atoms with E-state index in [0.29, 0.717) is 6.04 Å². The summed E-state index contributed by atoms with van der Waals surface area (Å²) in [7, 11) is 0. The minimum Gasteiger partial charge on any atom is -0.384 e. The van der Waals surface area contributed by atoms with E-state index in [-0.39, 0.29) is 6.61 Å².